The lowest BCUT2D eigenvalue weighted by molar-refractivity contribution is -0.190. The minimum atomic E-state index is -4.50. The Balaban J connectivity index is 3.16. The average Bonchev–Trinajstić information content (AvgIpc) is 2.28. The molecule has 6 heteroatoms. The van der Waals surface area contributed by atoms with Gasteiger partial charge >= 0.3 is 11.9 Å². The summed E-state index contributed by atoms with van der Waals surface area (Å²) in [5.74, 6) is -6.64. The maximum atomic E-state index is 13.9. The lowest BCUT2D eigenvalue weighted by Gasteiger charge is -2.27. The molecule has 1 unspecified atom stereocenters. The van der Waals surface area contributed by atoms with Gasteiger partial charge in [-0.05, 0) is 24.6 Å². The van der Waals surface area contributed by atoms with Gasteiger partial charge in [-0.15, -0.1) is 0 Å². The van der Waals surface area contributed by atoms with Gasteiger partial charge in [-0.1, -0.05) is 12.1 Å². The van der Waals surface area contributed by atoms with E-state index in [0.29, 0.717) is 12.7 Å². The molecule has 17 heavy (non-hydrogen) atoms. The summed E-state index contributed by atoms with van der Waals surface area (Å²) in [5.41, 5.74) is -3.71. The first-order chi connectivity index (χ1) is 7.73. The second kappa shape index (κ2) is 4.27. The molecule has 0 radical (unpaired) electrons. The fourth-order valence-corrected chi connectivity index (χ4v) is 1.29. The number of alkyl halides is 3. The number of aliphatic carboxylic acids is 1. The van der Waals surface area contributed by atoms with Crippen LogP contribution in [0.2, 0.25) is 0 Å². The van der Waals surface area contributed by atoms with Crippen molar-refractivity contribution in [2.45, 2.75) is 18.5 Å². The number of methoxy groups -OCH3 is 1. The number of carboxylic acid groups (broad SMARTS) is 1. The van der Waals surface area contributed by atoms with E-state index in [9.17, 15) is 18.0 Å². The maximum Gasteiger partial charge on any atom is 0.379 e. The van der Waals surface area contributed by atoms with E-state index in [1.165, 1.54) is 19.2 Å². The molecule has 0 spiro atoms. The van der Waals surface area contributed by atoms with Crippen LogP contribution in [0, 0.1) is 0 Å². The van der Waals surface area contributed by atoms with E-state index in [-0.39, 0.29) is 0 Å². The van der Waals surface area contributed by atoms with Gasteiger partial charge in [-0.2, -0.15) is 8.78 Å². The first-order valence-electron chi connectivity index (χ1n) is 4.68. The van der Waals surface area contributed by atoms with Crippen LogP contribution in [-0.4, -0.2) is 24.1 Å². The molecular weight excluding hydrogens is 237 g/mol. The Bertz CT molecular complexity index is 412. The Hall–Kier alpha value is -1.72. The Morgan fingerprint density at radius 1 is 1.24 bits per heavy atom. The quantitative estimate of drug-likeness (QED) is 0.890. The summed E-state index contributed by atoms with van der Waals surface area (Å²) in [5, 5.41) is 8.32. The van der Waals surface area contributed by atoms with Crippen LogP contribution in [-0.2, 0) is 10.5 Å². The van der Waals surface area contributed by atoms with Gasteiger partial charge in [-0.3, -0.25) is 0 Å². The van der Waals surface area contributed by atoms with Crippen molar-refractivity contribution >= 4 is 5.97 Å². The molecule has 0 saturated carbocycles. The van der Waals surface area contributed by atoms with Gasteiger partial charge in [0.1, 0.15) is 5.75 Å². The fraction of sp³-hybridized carbons (Fsp3) is 0.364. The third-order valence-corrected chi connectivity index (χ3v) is 2.49. The number of carbonyl (C=O) groups is 1. The smallest absolute Gasteiger partial charge is 0.379 e. The Kier molecular flexibility index (Phi) is 3.35. The van der Waals surface area contributed by atoms with Crippen molar-refractivity contribution in [3.05, 3.63) is 29.8 Å². The molecular formula is C11H11F3O3. The van der Waals surface area contributed by atoms with Crippen molar-refractivity contribution in [1.29, 1.82) is 0 Å². The molecule has 0 amide bonds. The second-order valence-electron chi connectivity index (χ2n) is 3.61. The zero-order chi connectivity index (χ0) is 13.3. The molecule has 94 valence electrons. The number of rotatable bonds is 4. The second-order valence-corrected chi connectivity index (χ2v) is 3.61. The molecule has 0 aliphatic carbocycles. The molecule has 1 N–H and O–H groups in total. The number of carboxylic acids is 1. The van der Waals surface area contributed by atoms with Gasteiger partial charge in [0.25, 0.3) is 0 Å². The minimum absolute atomic E-state index is 0.364. The van der Waals surface area contributed by atoms with E-state index in [0.717, 1.165) is 12.1 Å². The molecule has 1 rings (SSSR count). The van der Waals surface area contributed by atoms with Crippen LogP contribution in [0.15, 0.2) is 24.3 Å². The largest absolute Gasteiger partial charge is 0.497 e. The van der Waals surface area contributed by atoms with Crippen LogP contribution in [0.25, 0.3) is 0 Å². The topological polar surface area (TPSA) is 46.5 Å². The van der Waals surface area contributed by atoms with Crippen LogP contribution in [0.5, 0.6) is 5.75 Å². The molecule has 0 heterocycles. The number of benzene rings is 1. The van der Waals surface area contributed by atoms with E-state index in [1.807, 2.05) is 0 Å². The summed E-state index contributed by atoms with van der Waals surface area (Å²) in [7, 11) is 1.37. The zero-order valence-electron chi connectivity index (χ0n) is 9.21. The van der Waals surface area contributed by atoms with Crippen LogP contribution in [0.3, 0.4) is 0 Å². The van der Waals surface area contributed by atoms with Gasteiger partial charge in [0.2, 0.25) is 5.67 Å². The van der Waals surface area contributed by atoms with Gasteiger partial charge in [0.15, 0.2) is 0 Å². The highest BCUT2D eigenvalue weighted by atomic mass is 19.3. The Labute approximate surface area is 95.8 Å². The van der Waals surface area contributed by atoms with Gasteiger partial charge in [-0.25, -0.2) is 9.18 Å². The Morgan fingerprint density at radius 3 is 2.06 bits per heavy atom. The van der Waals surface area contributed by atoms with E-state index < -0.39 is 23.1 Å². The highest BCUT2D eigenvalue weighted by molar-refractivity contribution is 5.77. The molecule has 1 atom stereocenters. The van der Waals surface area contributed by atoms with Gasteiger partial charge in [0.05, 0.1) is 7.11 Å². The first-order valence-corrected chi connectivity index (χ1v) is 4.68. The molecule has 0 aromatic heterocycles. The minimum Gasteiger partial charge on any atom is -0.497 e. The van der Waals surface area contributed by atoms with Crippen molar-refractivity contribution in [3.63, 3.8) is 0 Å². The van der Waals surface area contributed by atoms with Crippen LogP contribution in [0.1, 0.15) is 12.5 Å². The molecule has 0 fully saturated rings. The van der Waals surface area contributed by atoms with Gasteiger partial charge < -0.3 is 9.84 Å². The maximum absolute atomic E-state index is 13.9. The lowest BCUT2D eigenvalue weighted by Crippen LogP contribution is -2.45. The Morgan fingerprint density at radius 2 is 1.71 bits per heavy atom. The molecule has 0 bridgehead atoms. The molecule has 0 saturated heterocycles. The molecule has 0 aliphatic heterocycles. The van der Waals surface area contributed by atoms with Crippen LogP contribution in [0.4, 0.5) is 13.2 Å². The third kappa shape index (κ3) is 2.20. The van der Waals surface area contributed by atoms with Gasteiger partial charge in [0, 0.05) is 0 Å². The average molecular weight is 248 g/mol. The number of hydrogen-bond acceptors (Lipinski definition) is 2. The zero-order valence-corrected chi connectivity index (χ0v) is 9.21. The highest BCUT2D eigenvalue weighted by Crippen LogP contribution is 2.41. The third-order valence-electron chi connectivity index (χ3n) is 2.49. The summed E-state index contributed by atoms with van der Waals surface area (Å²) in [6.45, 7) is 0.531. The standard InChI is InChI=1S/C11H11F3O3/c1-10(12,11(13,14)9(15)16)7-3-5-8(17-2)6-4-7/h3-6H,1-2H3,(H,15,16). The summed E-state index contributed by atoms with van der Waals surface area (Å²) < 4.78 is 45.1. The van der Waals surface area contributed by atoms with Crippen molar-refractivity contribution in [3.8, 4) is 5.75 Å². The normalized spacial score (nSPS) is 15.1. The lowest BCUT2D eigenvalue weighted by atomic mass is 9.91. The summed E-state index contributed by atoms with van der Waals surface area (Å²) in [4.78, 5) is 10.3. The number of hydrogen-bond donors (Lipinski definition) is 1. The molecule has 0 aliphatic rings. The van der Waals surface area contributed by atoms with E-state index in [4.69, 9.17) is 9.84 Å². The first kappa shape index (κ1) is 13.3. The van der Waals surface area contributed by atoms with E-state index in [2.05, 4.69) is 0 Å². The molecule has 1 aromatic carbocycles. The predicted molar refractivity (Wildman–Crippen MR) is 54.0 cm³/mol. The van der Waals surface area contributed by atoms with E-state index in [1.54, 1.807) is 0 Å². The number of ether oxygens (including phenoxy) is 1. The van der Waals surface area contributed by atoms with Crippen molar-refractivity contribution in [2.75, 3.05) is 7.11 Å². The van der Waals surface area contributed by atoms with Crippen molar-refractivity contribution in [2.24, 2.45) is 0 Å². The highest BCUT2D eigenvalue weighted by Gasteiger charge is 2.58. The number of halogens is 3. The predicted octanol–water partition coefficient (Wildman–Crippen LogP) is 2.60. The van der Waals surface area contributed by atoms with Crippen LogP contribution >= 0.6 is 0 Å². The summed E-state index contributed by atoms with van der Waals surface area (Å²) in [6.07, 6.45) is 0. The fourth-order valence-electron chi connectivity index (χ4n) is 1.29. The van der Waals surface area contributed by atoms with Crippen molar-refractivity contribution in [1.82, 2.24) is 0 Å². The summed E-state index contributed by atoms with van der Waals surface area (Å²) >= 11 is 0. The van der Waals surface area contributed by atoms with Crippen LogP contribution < -0.4 is 4.74 Å². The monoisotopic (exact) mass is 248 g/mol. The molecule has 3 nitrogen and oxygen atoms in total. The van der Waals surface area contributed by atoms with Crippen molar-refractivity contribution < 1.29 is 27.8 Å². The summed E-state index contributed by atoms with van der Waals surface area (Å²) in [6, 6.07) is 4.70. The SMILES string of the molecule is COc1ccc(C(C)(F)C(F)(F)C(=O)O)cc1. The molecule has 1 aromatic rings. The van der Waals surface area contributed by atoms with E-state index >= 15 is 0 Å².